The van der Waals surface area contributed by atoms with E-state index < -0.39 is 0 Å². The molecule has 4 nitrogen and oxygen atoms in total. The summed E-state index contributed by atoms with van der Waals surface area (Å²) in [7, 11) is 0. The lowest BCUT2D eigenvalue weighted by Crippen LogP contribution is -2.36. The molecule has 0 aliphatic carbocycles. The third-order valence-electron chi connectivity index (χ3n) is 3.33. The summed E-state index contributed by atoms with van der Waals surface area (Å²) in [6.07, 6.45) is 0. The molecule has 0 heterocycles. The Morgan fingerprint density at radius 1 is 1.30 bits per heavy atom. The standard InChI is InChI=1S/C17H15BrFN3O/c1-11(13-4-2-12(9-20)3-5-13)22-17(23)21-10-14-8-15(18)6-7-16(14)19/h2-8,11H,10H2,1H3,(H2,21,22,23). The Morgan fingerprint density at radius 2 is 2.00 bits per heavy atom. The summed E-state index contributed by atoms with van der Waals surface area (Å²) in [5, 5.41) is 14.2. The molecule has 0 aliphatic heterocycles. The van der Waals surface area contributed by atoms with E-state index in [0.29, 0.717) is 11.1 Å². The first-order chi connectivity index (χ1) is 11.0. The van der Waals surface area contributed by atoms with Crippen molar-refractivity contribution in [2.75, 3.05) is 0 Å². The quantitative estimate of drug-likeness (QED) is 0.847. The first-order valence-electron chi connectivity index (χ1n) is 6.98. The summed E-state index contributed by atoms with van der Waals surface area (Å²) < 4.78 is 14.4. The molecule has 118 valence electrons. The predicted octanol–water partition coefficient (Wildman–Crippen LogP) is 4.02. The van der Waals surface area contributed by atoms with E-state index in [0.717, 1.165) is 10.0 Å². The van der Waals surface area contributed by atoms with Crippen molar-refractivity contribution in [1.82, 2.24) is 10.6 Å². The number of nitriles is 1. The van der Waals surface area contributed by atoms with Gasteiger partial charge in [0.1, 0.15) is 5.82 Å². The molecule has 0 fully saturated rings. The average Bonchev–Trinajstić information content (AvgIpc) is 2.55. The van der Waals surface area contributed by atoms with Gasteiger partial charge in [-0.3, -0.25) is 0 Å². The monoisotopic (exact) mass is 375 g/mol. The molecule has 23 heavy (non-hydrogen) atoms. The Balaban J connectivity index is 1.91. The number of nitrogens with zero attached hydrogens (tertiary/aromatic N) is 1. The summed E-state index contributed by atoms with van der Waals surface area (Å²) in [5.41, 5.74) is 1.85. The van der Waals surface area contributed by atoms with Crippen molar-refractivity contribution >= 4 is 22.0 Å². The van der Waals surface area contributed by atoms with Gasteiger partial charge in [0.25, 0.3) is 0 Å². The Bertz CT molecular complexity index is 740. The van der Waals surface area contributed by atoms with Gasteiger partial charge in [0.15, 0.2) is 0 Å². The maximum Gasteiger partial charge on any atom is 0.315 e. The minimum absolute atomic E-state index is 0.0944. The molecule has 2 aromatic rings. The van der Waals surface area contributed by atoms with E-state index >= 15 is 0 Å². The van der Waals surface area contributed by atoms with Crippen molar-refractivity contribution in [3.63, 3.8) is 0 Å². The second-order valence-electron chi connectivity index (χ2n) is 5.02. The Kier molecular flexibility index (Phi) is 5.72. The number of halogens is 2. The van der Waals surface area contributed by atoms with Gasteiger partial charge in [-0.2, -0.15) is 5.26 Å². The fourth-order valence-corrected chi connectivity index (χ4v) is 2.44. The van der Waals surface area contributed by atoms with Crippen LogP contribution in [0.1, 0.15) is 29.7 Å². The molecule has 0 bridgehead atoms. The van der Waals surface area contributed by atoms with Crippen LogP contribution in [0.3, 0.4) is 0 Å². The molecule has 0 aromatic heterocycles. The molecule has 2 N–H and O–H groups in total. The van der Waals surface area contributed by atoms with Crippen molar-refractivity contribution in [3.8, 4) is 6.07 Å². The van der Waals surface area contributed by atoms with Crippen molar-refractivity contribution in [2.45, 2.75) is 19.5 Å². The second kappa shape index (κ2) is 7.75. The number of rotatable bonds is 4. The van der Waals surface area contributed by atoms with Gasteiger partial charge >= 0.3 is 6.03 Å². The SMILES string of the molecule is CC(NC(=O)NCc1cc(Br)ccc1F)c1ccc(C#N)cc1. The van der Waals surface area contributed by atoms with Crippen LogP contribution in [0.15, 0.2) is 46.9 Å². The van der Waals surface area contributed by atoms with Crippen LogP contribution in [0, 0.1) is 17.1 Å². The minimum atomic E-state index is -0.388. The number of nitrogens with one attached hydrogen (secondary N) is 2. The number of carbonyl (C=O) groups is 1. The van der Waals surface area contributed by atoms with Crippen molar-refractivity contribution in [2.24, 2.45) is 0 Å². The fourth-order valence-electron chi connectivity index (χ4n) is 2.03. The van der Waals surface area contributed by atoms with Crippen LogP contribution in [0.25, 0.3) is 0 Å². The van der Waals surface area contributed by atoms with E-state index in [-0.39, 0.29) is 24.4 Å². The molecular formula is C17H15BrFN3O. The van der Waals surface area contributed by atoms with E-state index in [4.69, 9.17) is 5.26 Å². The maximum absolute atomic E-state index is 13.6. The third-order valence-corrected chi connectivity index (χ3v) is 3.83. The van der Waals surface area contributed by atoms with Crippen molar-refractivity contribution in [3.05, 3.63) is 69.4 Å². The van der Waals surface area contributed by atoms with E-state index in [1.165, 1.54) is 6.07 Å². The highest BCUT2D eigenvalue weighted by atomic mass is 79.9. The summed E-state index contributed by atoms with van der Waals surface area (Å²) in [6, 6.07) is 13.0. The number of carbonyl (C=O) groups excluding carboxylic acids is 1. The van der Waals surface area contributed by atoms with Gasteiger partial charge in [0, 0.05) is 16.6 Å². The average molecular weight is 376 g/mol. The molecule has 2 amide bonds. The molecule has 0 spiro atoms. The van der Waals surface area contributed by atoms with Gasteiger partial charge in [-0.05, 0) is 42.8 Å². The number of urea groups is 1. The third kappa shape index (κ3) is 4.80. The Labute approximate surface area is 142 Å². The highest BCUT2D eigenvalue weighted by Gasteiger charge is 2.10. The molecule has 1 unspecified atom stereocenters. The van der Waals surface area contributed by atoms with Crippen LogP contribution in [-0.2, 0) is 6.54 Å². The largest absolute Gasteiger partial charge is 0.334 e. The zero-order valence-electron chi connectivity index (χ0n) is 12.4. The minimum Gasteiger partial charge on any atom is -0.334 e. The molecular weight excluding hydrogens is 361 g/mol. The lowest BCUT2D eigenvalue weighted by Gasteiger charge is -2.15. The molecule has 0 saturated carbocycles. The molecule has 6 heteroatoms. The maximum atomic E-state index is 13.6. The molecule has 2 aromatic carbocycles. The lowest BCUT2D eigenvalue weighted by molar-refractivity contribution is 0.237. The normalized spacial score (nSPS) is 11.4. The van der Waals surface area contributed by atoms with Gasteiger partial charge in [-0.1, -0.05) is 28.1 Å². The van der Waals surface area contributed by atoms with Crippen molar-refractivity contribution < 1.29 is 9.18 Å². The van der Waals surface area contributed by atoms with Gasteiger partial charge in [0.2, 0.25) is 0 Å². The van der Waals surface area contributed by atoms with Crippen molar-refractivity contribution in [1.29, 1.82) is 5.26 Å². The topological polar surface area (TPSA) is 64.9 Å². The van der Waals surface area contributed by atoms with Gasteiger partial charge < -0.3 is 10.6 Å². The van der Waals surface area contributed by atoms with Crippen LogP contribution in [-0.4, -0.2) is 6.03 Å². The molecule has 1 atom stereocenters. The zero-order valence-corrected chi connectivity index (χ0v) is 14.0. The van der Waals surface area contributed by atoms with Crippen LogP contribution in [0.2, 0.25) is 0 Å². The van der Waals surface area contributed by atoms with E-state index in [2.05, 4.69) is 26.6 Å². The highest BCUT2D eigenvalue weighted by molar-refractivity contribution is 9.10. The zero-order chi connectivity index (χ0) is 16.8. The summed E-state index contributed by atoms with van der Waals surface area (Å²) >= 11 is 3.27. The van der Waals surface area contributed by atoms with Gasteiger partial charge in [0.05, 0.1) is 17.7 Å². The number of hydrogen-bond acceptors (Lipinski definition) is 2. The molecule has 0 aliphatic rings. The lowest BCUT2D eigenvalue weighted by atomic mass is 10.1. The summed E-state index contributed by atoms with van der Waals surface area (Å²) in [4.78, 5) is 11.9. The first kappa shape index (κ1) is 17.0. The summed E-state index contributed by atoms with van der Waals surface area (Å²) in [6.45, 7) is 1.93. The molecule has 0 radical (unpaired) electrons. The second-order valence-corrected chi connectivity index (χ2v) is 5.93. The highest BCUT2D eigenvalue weighted by Crippen LogP contribution is 2.16. The van der Waals surface area contributed by atoms with E-state index in [1.807, 2.05) is 13.0 Å². The fraction of sp³-hybridized carbons (Fsp3) is 0.176. The number of benzene rings is 2. The van der Waals surface area contributed by atoms with Gasteiger partial charge in [-0.15, -0.1) is 0 Å². The molecule has 2 rings (SSSR count). The first-order valence-corrected chi connectivity index (χ1v) is 7.77. The number of amides is 2. The molecule has 0 saturated heterocycles. The van der Waals surface area contributed by atoms with Crippen LogP contribution < -0.4 is 10.6 Å². The predicted molar refractivity (Wildman–Crippen MR) is 89.0 cm³/mol. The van der Waals surface area contributed by atoms with Gasteiger partial charge in [-0.25, -0.2) is 9.18 Å². The van der Waals surface area contributed by atoms with Crippen LogP contribution >= 0.6 is 15.9 Å². The summed E-state index contributed by atoms with van der Waals surface area (Å²) in [5.74, 6) is -0.367. The van der Waals surface area contributed by atoms with E-state index in [1.54, 1.807) is 36.4 Å². The van der Waals surface area contributed by atoms with E-state index in [9.17, 15) is 9.18 Å². The van der Waals surface area contributed by atoms with Crippen LogP contribution in [0.4, 0.5) is 9.18 Å². The van der Waals surface area contributed by atoms with Crippen LogP contribution in [0.5, 0.6) is 0 Å². The smallest absolute Gasteiger partial charge is 0.315 e. The Morgan fingerprint density at radius 3 is 2.65 bits per heavy atom. The Hall–Kier alpha value is -2.39. The number of hydrogen-bond donors (Lipinski definition) is 2.